The lowest BCUT2D eigenvalue weighted by Gasteiger charge is -2.22. The second-order valence-electron chi connectivity index (χ2n) is 4.87. The van der Waals surface area contributed by atoms with E-state index >= 15 is 0 Å². The summed E-state index contributed by atoms with van der Waals surface area (Å²) < 4.78 is 10.4. The van der Waals surface area contributed by atoms with Crippen LogP contribution in [0.5, 0.6) is 0 Å². The first-order valence-corrected chi connectivity index (χ1v) is 6.71. The fourth-order valence-corrected chi connectivity index (χ4v) is 2.43. The Bertz CT molecular complexity index is 549. The minimum absolute atomic E-state index is 0.376. The predicted octanol–water partition coefficient (Wildman–Crippen LogP) is 2.18. The summed E-state index contributed by atoms with van der Waals surface area (Å²) in [5.74, 6) is 0. The number of aromatic nitrogens is 2. The van der Waals surface area contributed by atoms with Crippen LogP contribution in [0.25, 0.3) is 11.0 Å². The highest BCUT2D eigenvalue weighted by atomic mass is 16.6. The molecule has 0 aliphatic carbocycles. The summed E-state index contributed by atoms with van der Waals surface area (Å²) in [4.78, 5) is 0. The first kappa shape index (κ1) is 12.2. The molecule has 1 atom stereocenters. The maximum absolute atomic E-state index is 5.80. The molecule has 0 spiro atoms. The molecule has 1 saturated heterocycles. The highest BCUT2D eigenvalue weighted by molar-refractivity contribution is 5.94. The number of ether oxygens (including phenoxy) is 1. The largest absolute Gasteiger partial charge is 0.397 e. The zero-order valence-corrected chi connectivity index (χ0v) is 10.8. The minimum Gasteiger partial charge on any atom is -0.397 e. The summed E-state index contributed by atoms with van der Waals surface area (Å²) in [5.41, 5.74) is 8.58. The molecular formula is C13H18N4O2. The van der Waals surface area contributed by atoms with Gasteiger partial charge in [-0.2, -0.15) is 0 Å². The van der Waals surface area contributed by atoms with Gasteiger partial charge in [-0.25, -0.2) is 4.63 Å². The van der Waals surface area contributed by atoms with Crippen molar-refractivity contribution in [3.63, 3.8) is 0 Å². The Morgan fingerprint density at radius 3 is 3.00 bits per heavy atom. The lowest BCUT2D eigenvalue weighted by atomic mass is 10.1. The minimum atomic E-state index is 0.376. The molecule has 1 unspecified atom stereocenters. The van der Waals surface area contributed by atoms with Crippen LogP contribution in [0.3, 0.4) is 0 Å². The van der Waals surface area contributed by atoms with Crippen LogP contribution < -0.4 is 11.1 Å². The number of nitrogens with two attached hydrogens (primary N) is 1. The van der Waals surface area contributed by atoms with E-state index in [0.29, 0.717) is 22.8 Å². The summed E-state index contributed by atoms with van der Waals surface area (Å²) >= 11 is 0. The molecule has 0 bridgehead atoms. The van der Waals surface area contributed by atoms with Gasteiger partial charge in [0.25, 0.3) is 0 Å². The number of rotatable bonds is 4. The quantitative estimate of drug-likeness (QED) is 0.821. The fourth-order valence-electron chi connectivity index (χ4n) is 2.43. The van der Waals surface area contributed by atoms with E-state index in [1.807, 2.05) is 12.1 Å². The number of fused-ring (bicyclic) bond motifs is 1. The molecule has 19 heavy (non-hydrogen) atoms. The number of nitrogen functional groups attached to an aromatic ring is 1. The number of nitrogens with one attached hydrogen (secondary N) is 1. The Morgan fingerprint density at radius 1 is 1.26 bits per heavy atom. The number of anilines is 2. The van der Waals surface area contributed by atoms with Gasteiger partial charge >= 0.3 is 0 Å². The third kappa shape index (κ3) is 2.63. The second-order valence-corrected chi connectivity index (χ2v) is 4.87. The molecule has 2 heterocycles. The van der Waals surface area contributed by atoms with Crippen LogP contribution in [0.1, 0.15) is 25.7 Å². The van der Waals surface area contributed by atoms with Gasteiger partial charge in [0.05, 0.1) is 17.5 Å². The van der Waals surface area contributed by atoms with Crippen molar-refractivity contribution in [2.45, 2.75) is 31.8 Å². The smallest absolute Gasteiger partial charge is 0.160 e. The van der Waals surface area contributed by atoms with Gasteiger partial charge in [0.1, 0.15) is 0 Å². The van der Waals surface area contributed by atoms with E-state index in [9.17, 15) is 0 Å². The predicted molar refractivity (Wildman–Crippen MR) is 72.9 cm³/mol. The number of nitrogens with zero attached hydrogens (tertiary/aromatic N) is 2. The summed E-state index contributed by atoms with van der Waals surface area (Å²) in [6.45, 7) is 1.74. The highest BCUT2D eigenvalue weighted by Gasteiger charge is 2.14. The molecule has 1 aromatic heterocycles. The van der Waals surface area contributed by atoms with Crippen molar-refractivity contribution in [3.8, 4) is 0 Å². The van der Waals surface area contributed by atoms with Crippen LogP contribution in [0.4, 0.5) is 11.4 Å². The molecule has 3 N–H and O–H groups in total. The molecule has 2 aromatic rings. The van der Waals surface area contributed by atoms with Crippen LogP contribution in [-0.4, -0.2) is 29.6 Å². The summed E-state index contributed by atoms with van der Waals surface area (Å²) in [6, 6.07) is 3.72. The van der Waals surface area contributed by atoms with Gasteiger partial charge in [-0.3, -0.25) is 0 Å². The fraction of sp³-hybridized carbons (Fsp3) is 0.538. The molecule has 0 radical (unpaired) electrons. The zero-order chi connectivity index (χ0) is 13.1. The van der Waals surface area contributed by atoms with E-state index in [0.717, 1.165) is 31.7 Å². The van der Waals surface area contributed by atoms with Crippen molar-refractivity contribution >= 4 is 22.4 Å². The van der Waals surface area contributed by atoms with Crippen molar-refractivity contribution in [2.75, 3.05) is 24.2 Å². The van der Waals surface area contributed by atoms with E-state index in [1.165, 1.54) is 12.8 Å². The van der Waals surface area contributed by atoms with Crippen LogP contribution >= 0.6 is 0 Å². The standard InChI is InChI=1S/C13H18N4O2/c14-10-4-5-11(13-12(10)16-19-17-13)15-7-6-9-3-1-2-8-18-9/h4-5,9,15H,1-3,6-8,14H2. The van der Waals surface area contributed by atoms with E-state index in [1.54, 1.807) is 0 Å². The van der Waals surface area contributed by atoms with E-state index < -0.39 is 0 Å². The summed E-state index contributed by atoms with van der Waals surface area (Å²) in [6.07, 6.45) is 4.99. The number of hydrogen-bond acceptors (Lipinski definition) is 6. The normalized spacial score (nSPS) is 19.7. The van der Waals surface area contributed by atoms with Gasteiger partial charge in [-0.1, -0.05) is 0 Å². The number of benzene rings is 1. The van der Waals surface area contributed by atoms with Crippen molar-refractivity contribution in [1.82, 2.24) is 10.3 Å². The van der Waals surface area contributed by atoms with Gasteiger partial charge in [-0.15, -0.1) is 0 Å². The van der Waals surface area contributed by atoms with Crippen molar-refractivity contribution in [3.05, 3.63) is 12.1 Å². The summed E-state index contributed by atoms with van der Waals surface area (Å²) in [7, 11) is 0. The van der Waals surface area contributed by atoms with E-state index in [2.05, 4.69) is 15.6 Å². The van der Waals surface area contributed by atoms with Gasteiger partial charge in [0.2, 0.25) is 0 Å². The molecule has 1 fully saturated rings. The molecular weight excluding hydrogens is 244 g/mol. The molecule has 0 saturated carbocycles. The average molecular weight is 262 g/mol. The lowest BCUT2D eigenvalue weighted by molar-refractivity contribution is 0.0134. The third-order valence-electron chi connectivity index (χ3n) is 3.50. The van der Waals surface area contributed by atoms with Crippen molar-refractivity contribution in [2.24, 2.45) is 0 Å². The molecule has 102 valence electrons. The summed E-state index contributed by atoms with van der Waals surface area (Å²) in [5, 5.41) is 11.0. The maximum Gasteiger partial charge on any atom is 0.160 e. The van der Waals surface area contributed by atoms with Crippen LogP contribution in [0.2, 0.25) is 0 Å². The van der Waals surface area contributed by atoms with Gasteiger partial charge in [0, 0.05) is 13.2 Å². The zero-order valence-electron chi connectivity index (χ0n) is 10.8. The molecule has 3 rings (SSSR count). The van der Waals surface area contributed by atoms with Crippen LogP contribution in [0.15, 0.2) is 16.8 Å². The number of hydrogen-bond donors (Lipinski definition) is 2. The van der Waals surface area contributed by atoms with E-state index in [4.69, 9.17) is 15.1 Å². The van der Waals surface area contributed by atoms with Crippen LogP contribution in [0, 0.1) is 0 Å². The average Bonchev–Trinajstić information content (AvgIpc) is 2.93. The van der Waals surface area contributed by atoms with E-state index in [-0.39, 0.29) is 0 Å². The Balaban J connectivity index is 1.62. The molecule has 1 aromatic carbocycles. The Morgan fingerprint density at radius 2 is 2.16 bits per heavy atom. The molecule has 1 aliphatic heterocycles. The topological polar surface area (TPSA) is 86.2 Å². The Kier molecular flexibility index (Phi) is 3.50. The molecule has 6 nitrogen and oxygen atoms in total. The molecule has 6 heteroatoms. The van der Waals surface area contributed by atoms with Gasteiger partial charge in [0.15, 0.2) is 11.0 Å². The second kappa shape index (κ2) is 5.44. The first-order valence-electron chi connectivity index (χ1n) is 6.71. The van der Waals surface area contributed by atoms with Gasteiger partial charge in [-0.05, 0) is 48.1 Å². The monoisotopic (exact) mass is 262 g/mol. The maximum atomic E-state index is 5.80. The third-order valence-corrected chi connectivity index (χ3v) is 3.50. The van der Waals surface area contributed by atoms with Gasteiger partial charge < -0.3 is 15.8 Å². The van der Waals surface area contributed by atoms with Crippen molar-refractivity contribution < 1.29 is 9.37 Å². The Hall–Kier alpha value is -1.82. The lowest BCUT2D eigenvalue weighted by Crippen LogP contribution is -2.22. The first-order chi connectivity index (χ1) is 9.34. The SMILES string of the molecule is Nc1ccc(NCCC2CCCCO2)c2nonc12. The van der Waals surface area contributed by atoms with Crippen LogP contribution in [-0.2, 0) is 4.74 Å². The highest BCUT2D eigenvalue weighted by Crippen LogP contribution is 2.25. The molecule has 1 aliphatic rings. The van der Waals surface area contributed by atoms with Crippen molar-refractivity contribution in [1.29, 1.82) is 0 Å². The Labute approximate surface area is 111 Å². The molecule has 0 amide bonds.